The smallest absolute Gasteiger partial charge is 0.408 e. The van der Waals surface area contributed by atoms with Gasteiger partial charge in [-0.15, -0.1) is 0 Å². The number of nitrogens with zero attached hydrogens (tertiary/aromatic N) is 3. The van der Waals surface area contributed by atoms with E-state index in [1.807, 2.05) is 49.4 Å². The summed E-state index contributed by atoms with van der Waals surface area (Å²) in [5.74, 6) is -0.727. The highest BCUT2D eigenvalue weighted by Gasteiger charge is 2.28. The Morgan fingerprint density at radius 1 is 1.03 bits per heavy atom. The van der Waals surface area contributed by atoms with E-state index in [0.29, 0.717) is 25.2 Å². The number of hydrogen-bond donors (Lipinski definition) is 0. The highest BCUT2D eigenvalue weighted by molar-refractivity contribution is 7.89. The minimum Gasteiger partial charge on any atom is -0.408 e. The van der Waals surface area contributed by atoms with Crippen molar-refractivity contribution in [3.05, 3.63) is 71.2 Å². The van der Waals surface area contributed by atoms with E-state index in [1.165, 1.54) is 21.0 Å². The molecule has 3 aromatic carbocycles. The maximum atomic E-state index is 13.2. The number of oxazole rings is 1. The molecule has 9 heteroatoms. The fraction of sp³-hybridized carbons (Fsp3) is 0.308. The van der Waals surface area contributed by atoms with Crippen molar-refractivity contribution in [1.82, 2.24) is 8.87 Å². The Morgan fingerprint density at radius 2 is 1.77 bits per heavy atom. The molecular formula is C26H27N3O5S. The molecule has 0 spiro atoms. The molecule has 0 aliphatic carbocycles. The molecule has 1 saturated heterocycles. The van der Waals surface area contributed by atoms with Gasteiger partial charge in [0.2, 0.25) is 15.9 Å². The summed E-state index contributed by atoms with van der Waals surface area (Å²) < 4.78 is 33.9. The van der Waals surface area contributed by atoms with Crippen LogP contribution in [0.2, 0.25) is 0 Å². The van der Waals surface area contributed by atoms with Gasteiger partial charge in [0.15, 0.2) is 5.58 Å². The van der Waals surface area contributed by atoms with Crippen molar-refractivity contribution >= 4 is 43.5 Å². The zero-order chi connectivity index (χ0) is 24.6. The quantitative estimate of drug-likeness (QED) is 0.388. The van der Waals surface area contributed by atoms with E-state index >= 15 is 0 Å². The van der Waals surface area contributed by atoms with Crippen molar-refractivity contribution in [2.45, 2.75) is 37.6 Å². The Bertz CT molecular complexity index is 1560. The lowest BCUT2D eigenvalue weighted by Crippen LogP contribution is -2.32. The number of hydrogen-bond acceptors (Lipinski definition) is 5. The number of aryl methyl sites for hydroxylation is 1. The SMILES string of the molecule is CCN(C(=O)CCn1c(=O)oc2cc(S(=O)(=O)N3CCCC3)ccc21)c1cccc2ccccc12. The van der Waals surface area contributed by atoms with E-state index in [0.717, 1.165) is 29.3 Å². The third-order valence-electron chi connectivity index (χ3n) is 6.57. The molecule has 0 atom stereocenters. The normalized spacial score (nSPS) is 14.7. The van der Waals surface area contributed by atoms with Crippen LogP contribution in [0.15, 0.2) is 74.8 Å². The summed E-state index contributed by atoms with van der Waals surface area (Å²) in [4.78, 5) is 27.6. The molecule has 0 radical (unpaired) electrons. The lowest BCUT2D eigenvalue weighted by molar-refractivity contribution is -0.118. The number of aromatic nitrogens is 1. The monoisotopic (exact) mass is 493 g/mol. The van der Waals surface area contributed by atoms with Crippen molar-refractivity contribution in [2.24, 2.45) is 0 Å². The highest BCUT2D eigenvalue weighted by Crippen LogP contribution is 2.28. The minimum atomic E-state index is -3.62. The van der Waals surface area contributed by atoms with Crippen LogP contribution in [-0.4, -0.2) is 42.8 Å². The van der Waals surface area contributed by atoms with Crippen molar-refractivity contribution in [3.63, 3.8) is 0 Å². The molecule has 0 bridgehead atoms. The lowest BCUT2D eigenvalue weighted by Gasteiger charge is -2.23. The standard InChI is InChI=1S/C26H27N3O5S/c1-2-28(22-11-7-9-19-8-3-4-10-21(19)22)25(30)14-17-29-23-13-12-20(18-24(23)34-26(29)31)35(32,33)27-15-5-6-16-27/h3-4,7-13,18H,2,5-6,14-17H2,1H3. The van der Waals surface area contributed by atoms with Gasteiger partial charge in [-0.1, -0.05) is 36.4 Å². The number of sulfonamides is 1. The lowest BCUT2D eigenvalue weighted by atomic mass is 10.1. The molecule has 1 fully saturated rings. The first kappa shape index (κ1) is 23.3. The Labute approximate surface area is 203 Å². The molecule has 5 rings (SSSR count). The van der Waals surface area contributed by atoms with Gasteiger partial charge < -0.3 is 9.32 Å². The Balaban J connectivity index is 1.39. The van der Waals surface area contributed by atoms with Crippen molar-refractivity contribution in [2.75, 3.05) is 24.5 Å². The van der Waals surface area contributed by atoms with Gasteiger partial charge >= 0.3 is 5.76 Å². The molecule has 0 saturated carbocycles. The van der Waals surface area contributed by atoms with Gasteiger partial charge in [0.05, 0.1) is 16.1 Å². The van der Waals surface area contributed by atoms with Gasteiger partial charge in [0.1, 0.15) is 0 Å². The Hall–Kier alpha value is -3.43. The number of carbonyl (C=O) groups is 1. The molecule has 35 heavy (non-hydrogen) atoms. The minimum absolute atomic E-state index is 0.0967. The predicted octanol–water partition coefficient (Wildman–Crippen LogP) is 3.98. The number of rotatable bonds is 7. The van der Waals surface area contributed by atoms with E-state index in [-0.39, 0.29) is 29.4 Å². The van der Waals surface area contributed by atoms with Crippen LogP contribution in [0.25, 0.3) is 21.9 Å². The highest BCUT2D eigenvalue weighted by atomic mass is 32.2. The van der Waals surface area contributed by atoms with E-state index in [9.17, 15) is 18.0 Å². The third-order valence-corrected chi connectivity index (χ3v) is 8.46. The maximum Gasteiger partial charge on any atom is 0.419 e. The Morgan fingerprint density at radius 3 is 2.54 bits per heavy atom. The summed E-state index contributed by atoms with van der Waals surface area (Å²) in [7, 11) is -3.62. The molecule has 0 unspecified atom stereocenters. The maximum absolute atomic E-state index is 13.2. The largest absolute Gasteiger partial charge is 0.419 e. The molecule has 2 heterocycles. The van der Waals surface area contributed by atoms with Crippen molar-refractivity contribution in [3.8, 4) is 0 Å². The summed E-state index contributed by atoms with van der Waals surface area (Å²) in [5.41, 5.74) is 1.50. The molecule has 182 valence electrons. The summed E-state index contributed by atoms with van der Waals surface area (Å²) >= 11 is 0. The van der Waals surface area contributed by atoms with Gasteiger partial charge in [-0.2, -0.15) is 4.31 Å². The molecule has 8 nitrogen and oxygen atoms in total. The molecule has 1 aliphatic rings. The van der Waals surface area contributed by atoms with Crippen molar-refractivity contribution in [1.29, 1.82) is 0 Å². The molecule has 1 aliphatic heterocycles. The summed E-state index contributed by atoms with van der Waals surface area (Å²) in [6.07, 6.45) is 1.78. The van der Waals surface area contributed by atoms with Crippen LogP contribution in [0.5, 0.6) is 0 Å². The number of benzene rings is 3. The number of fused-ring (bicyclic) bond motifs is 2. The van der Waals surface area contributed by atoms with Crippen molar-refractivity contribution < 1.29 is 17.6 Å². The zero-order valence-corrected chi connectivity index (χ0v) is 20.3. The summed E-state index contributed by atoms with van der Waals surface area (Å²) in [6, 6.07) is 18.2. The van der Waals surface area contributed by atoms with Crippen LogP contribution in [0.4, 0.5) is 5.69 Å². The topological polar surface area (TPSA) is 92.8 Å². The fourth-order valence-corrected chi connectivity index (χ4v) is 6.30. The number of carbonyl (C=O) groups excluding carboxylic acids is 1. The van der Waals surface area contributed by atoms with Crippen LogP contribution in [-0.2, 0) is 21.4 Å². The predicted molar refractivity (Wildman–Crippen MR) is 135 cm³/mol. The van der Waals surface area contributed by atoms with E-state index in [4.69, 9.17) is 4.42 Å². The van der Waals surface area contributed by atoms with E-state index in [2.05, 4.69) is 0 Å². The molecule has 0 N–H and O–H groups in total. The molecular weight excluding hydrogens is 466 g/mol. The summed E-state index contributed by atoms with van der Waals surface area (Å²) in [6.45, 7) is 3.54. The van der Waals surface area contributed by atoms with Crippen LogP contribution in [0, 0.1) is 0 Å². The third kappa shape index (κ3) is 4.26. The van der Waals surface area contributed by atoms with E-state index in [1.54, 1.807) is 11.0 Å². The van der Waals surface area contributed by atoms with Crippen LogP contribution in [0.3, 0.4) is 0 Å². The first-order valence-electron chi connectivity index (χ1n) is 11.8. The second-order valence-electron chi connectivity index (χ2n) is 8.65. The van der Waals surface area contributed by atoms with Gasteiger partial charge in [0, 0.05) is 44.1 Å². The number of anilines is 1. The summed E-state index contributed by atoms with van der Waals surface area (Å²) in [5, 5.41) is 2.04. The van der Waals surface area contributed by atoms with Gasteiger partial charge in [-0.25, -0.2) is 13.2 Å². The van der Waals surface area contributed by atoms with Gasteiger partial charge in [-0.3, -0.25) is 9.36 Å². The second kappa shape index (κ2) is 9.31. The molecule has 1 amide bonds. The first-order chi connectivity index (χ1) is 16.9. The van der Waals surface area contributed by atoms with Crippen LogP contribution >= 0.6 is 0 Å². The van der Waals surface area contributed by atoms with Crippen LogP contribution < -0.4 is 10.7 Å². The first-order valence-corrected chi connectivity index (χ1v) is 13.3. The van der Waals surface area contributed by atoms with Gasteiger partial charge in [0.25, 0.3) is 0 Å². The van der Waals surface area contributed by atoms with Gasteiger partial charge in [-0.05, 0) is 43.4 Å². The Kier molecular flexibility index (Phi) is 6.21. The second-order valence-corrected chi connectivity index (χ2v) is 10.6. The van der Waals surface area contributed by atoms with Crippen LogP contribution in [0.1, 0.15) is 26.2 Å². The average molecular weight is 494 g/mol. The number of amides is 1. The molecule has 4 aromatic rings. The average Bonchev–Trinajstić information content (AvgIpc) is 3.51. The fourth-order valence-electron chi connectivity index (χ4n) is 4.76. The molecule has 1 aromatic heterocycles. The van der Waals surface area contributed by atoms with E-state index < -0.39 is 15.8 Å². The zero-order valence-electron chi connectivity index (χ0n) is 19.5.